The highest BCUT2D eigenvalue weighted by molar-refractivity contribution is 6.35. The van der Waals surface area contributed by atoms with Crippen LogP contribution in [-0.2, 0) is 6.61 Å². The summed E-state index contributed by atoms with van der Waals surface area (Å²) in [6, 6.07) is 7.92. The predicted molar refractivity (Wildman–Crippen MR) is 102 cm³/mol. The smallest absolute Gasteiger partial charge is 0.165 e. The monoisotopic (exact) mass is 384 g/mol. The van der Waals surface area contributed by atoms with E-state index in [4.69, 9.17) is 27.9 Å². The van der Waals surface area contributed by atoms with E-state index in [2.05, 4.69) is 15.0 Å². The zero-order valence-electron chi connectivity index (χ0n) is 13.9. The molecule has 0 saturated carbocycles. The number of pyridine rings is 2. The van der Waals surface area contributed by atoms with E-state index in [1.807, 2.05) is 42.0 Å². The van der Waals surface area contributed by atoms with Crippen LogP contribution in [0.5, 0.6) is 5.75 Å². The summed E-state index contributed by atoms with van der Waals surface area (Å²) in [4.78, 5) is 12.8. The number of aryl methyl sites for hydroxylation is 1. The Morgan fingerprint density at radius 2 is 1.85 bits per heavy atom. The minimum atomic E-state index is 0.211. The lowest BCUT2D eigenvalue weighted by Crippen LogP contribution is -2.05. The highest BCUT2D eigenvalue weighted by Crippen LogP contribution is 2.34. The van der Waals surface area contributed by atoms with Gasteiger partial charge in [-0.2, -0.15) is 0 Å². The van der Waals surface area contributed by atoms with E-state index < -0.39 is 0 Å². The molecule has 3 aromatic heterocycles. The molecule has 1 aromatic carbocycles. The first-order chi connectivity index (χ1) is 12.6. The summed E-state index contributed by atoms with van der Waals surface area (Å²) in [5.41, 5.74) is 3.23. The Labute approximate surface area is 160 Å². The lowest BCUT2D eigenvalue weighted by molar-refractivity contribution is 0.302. The van der Waals surface area contributed by atoms with E-state index >= 15 is 0 Å². The second kappa shape index (κ2) is 6.94. The molecule has 3 heterocycles. The minimum Gasteiger partial charge on any atom is -0.485 e. The number of nitrogens with zero attached hydrogens (tertiary/aromatic N) is 4. The van der Waals surface area contributed by atoms with Crippen molar-refractivity contribution in [1.29, 1.82) is 0 Å². The van der Waals surface area contributed by atoms with Crippen molar-refractivity contribution in [1.82, 2.24) is 19.5 Å². The number of para-hydroxylation sites is 1. The highest BCUT2D eigenvalue weighted by atomic mass is 35.5. The van der Waals surface area contributed by atoms with E-state index in [0.717, 1.165) is 22.3 Å². The fraction of sp³-hybridized carbons (Fsp3) is 0.105. The molecule has 0 fully saturated rings. The summed E-state index contributed by atoms with van der Waals surface area (Å²) in [6.45, 7) is 2.13. The van der Waals surface area contributed by atoms with E-state index in [0.29, 0.717) is 21.4 Å². The van der Waals surface area contributed by atoms with Crippen molar-refractivity contribution in [2.45, 2.75) is 13.5 Å². The van der Waals surface area contributed by atoms with Gasteiger partial charge in [-0.1, -0.05) is 41.4 Å². The van der Waals surface area contributed by atoms with Gasteiger partial charge in [0.2, 0.25) is 0 Å². The summed E-state index contributed by atoms with van der Waals surface area (Å²) in [6.07, 6.45) is 8.44. The number of halogens is 2. The van der Waals surface area contributed by atoms with Crippen molar-refractivity contribution in [3.05, 3.63) is 76.7 Å². The Balaban J connectivity index is 1.84. The summed E-state index contributed by atoms with van der Waals surface area (Å²) in [7, 11) is 0. The van der Waals surface area contributed by atoms with E-state index in [9.17, 15) is 0 Å². The van der Waals surface area contributed by atoms with Crippen LogP contribution in [0.2, 0.25) is 10.0 Å². The first kappa shape index (κ1) is 16.8. The third-order valence-corrected chi connectivity index (χ3v) is 4.72. The van der Waals surface area contributed by atoms with Gasteiger partial charge in [0.25, 0.3) is 0 Å². The van der Waals surface area contributed by atoms with Crippen molar-refractivity contribution < 1.29 is 4.74 Å². The standard InChI is InChI=1S/C19H14Cl2N4O/c1-12-19(26-10-14-15(20)8-23-9-16(14)21)18(25-7-6-22-11-25)13-4-2-3-5-17(13)24-12/h2-9,11H,10H2,1H3. The average molecular weight is 385 g/mol. The molecule has 5 nitrogen and oxygen atoms in total. The number of fused-ring (bicyclic) bond motifs is 1. The fourth-order valence-electron chi connectivity index (χ4n) is 2.84. The minimum absolute atomic E-state index is 0.211. The SMILES string of the molecule is Cc1nc2ccccc2c(-n2ccnc2)c1OCc1c(Cl)cncc1Cl. The van der Waals surface area contributed by atoms with E-state index in [1.54, 1.807) is 24.9 Å². The van der Waals surface area contributed by atoms with Gasteiger partial charge >= 0.3 is 0 Å². The largest absolute Gasteiger partial charge is 0.485 e. The number of benzene rings is 1. The van der Waals surface area contributed by atoms with Crippen LogP contribution in [0.3, 0.4) is 0 Å². The van der Waals surface area contributed by atoms with Crippen LogP contribution in [-0.4, -0.2) is 19.5 Å². The Kier molecular flexibility index (Phi) is 4.49. The van der Waals surface area contributed by atoms with Gasteiger partial charge < -0.3 is 9.30 Å². The molecule has 0 aliphatic carbocycles. The fourth-order valence-corrected chi connectivity index (χ4v) is 3.31. The molecule has 0 aliphatic rings. The van der Waals surface area contributed by atoms with Crippen molar-refractivity contribution >= 4 is 34.1 Å². The van der Waals surface area contributed by atoms with E-state index in [1.165, 1.54) is 0 Å². The number of aromatic nitrogens is 4. The summed E-state index contributed by atoms with van der Waals surface area (Å²) in [5, 5.41) is 1.90. The lowest BCUT2D eigenvalue weighted by Gasteiger charge is -2.17. The number of ether oxygens (including phenoxy) is 1. The number of imidazole rings is 1. The van der Waals surface area contributed by atoms with Gasteiger partial charge in [0, 0.05) is 35.7 Å². The third-order valence-electron chi connectivity index (χ3n) is 4.07. The molecule has 0 aliphatic heterocycles. The van der Waals surface area contributed by atoms with Gasteiger partial charge in [0.15, 0.2) is 5.75 Å². The van der Waals surface area contributed by atoms with Gasteiger partial charge in [-0.15, -0.1) is 0 Å². The van der Waals surface area contributed by atoms with Crippen LogP contribution in [0.4, 0.5) is 0 Å². The van der Waals surface area contributed by atoms with Crippen LogP contribution in [0.1, 0.15) is 11.3 Å². The number of hydrogen-bond donors (Lipinski definition) is 0. The van der Waals surface area contributed by atoms with Gasteiger partial charge in [-0.05, 0) is 13.0 Å². The maximum atomic E-state index is 6.21. The zero-order valence-corrected chi connectivity index (χ0v) is 15.4. The number of hydrogen-bond acceptors (Lipinski definition) is 4. The molecular formula is C19H14Cl2N4O. The molecule has 4 aromatic rings. The van der Waals surface area contributed by atoms with Crippen LogP contribution in [0.25, 0.3) is 16.6 Å². The quantitative estimate of drug-likeness (QED) is 0.496. The highest BCUT2D eigenvalue weighted by Gasteiger charge is 2.17. The van der Waals surface area contributed by atoms with Crippen LogP contribution < -0.4 is 4.74 Å². The van der Waals surface area contributed by atoms with Gasteiger partial charge in [-0.3, -0.25) is 4.98 Å². The Morgan fingerprint density at radius 3 is 2.58 bits per heavy atom. The van der Waals surface area contributed by atoms with Crippen molar-refractivity contribution in [2.75, 3.05) is 0 Å². The summed E-state index contributed by atoms with van der Waals surface area (Å²) < 4.78 is 8.06. The molecule has 130 valence electrons. The van der Waals surface area contributed by atoms with Crippen LogP contribution >= 0.6 is 23.2 Å². The zero-order chi connectivity index (χ0) is 18.1. The average Bonchev–Trinajstić information content (AvgIpc) is 3.15. The van der Waals surface area contributed by atoms with Gasteiger partial charge in [0.1, 0.15) is 12.3 Å². The van der Waals surface area contributed by atoms with Gasteiger partial charge in [-0.25, -0.2) is 9.97 Å². The molecular weight excluding hydrogens is 371 g/mol. The molecule has 0 atom stereocenters. The second-order valence-corrected chi connectivity index (χ2v) is 6.55. The molecule has 4 rings (SSSR count). The molecule has 0 amide bonds. The van der Waals surface area contributed by atoms with Crippen LogP contribution in [0, 0.1) is 6.92 Å². The molecule has 0 radical (unpaired) electrons. The maximum absolute atomic E-state index is 6.21. The first-order valence-electron chi connectivity index (χ1n) is 7.93. The van der Waals surface area contributed by atoms with Crippen molar-refractivity contribution in [3.8, 4) is 11.4 Å². The molecule has 0 N–H and O–H groups in total. The number of rotatable bonds is 4. The third kappa shape index (κ3) is 3.00. The molecule has 0 saturated heterocycles. The van der Waals surface area contributed by atoms with Crippen molar-refractivity contribution in [2.24, 2.45) is 0 Å². The molecule has 7 heteroatoms. The van der Waals surface area contributed by atoms with E-state index in [-0.39, 0.29) is 6.61 Å². The normalized spacial score (nSPS) is 11.0. The first-order valence-corrected chi connectivity index (χ1v) is 8.69. The Bertz CT molecular complexity index is 1060. The summed E-state index contributed by atoms with van der Waals surface area (Å²) in [5.74, 6) is 0.658. The van der Waals surface area contributed by atoms with Crippen LogP contribution in [0.15, 0.2) is 55.4 Å². The summed E-state index contributed by atoms with van der Waals surface area (Å²) >= 11 is 12.4. The lowest BCUT2D eigenvalue weighted by atomic mass is 10.1. The maximum Gasteiger partial charge on any atom is 0.165 e. The Hall–Kier alpha value is -2.63. The molecule has 0 spiro atoms. The van der Waals surface area contributed by atoms with Gasteiger partial charge in [0.05, 0.1) is 27.6 Å². The molecule has 0 bridgehead atoms. The molecule has 26 heavy (non-hydrogen) atoms. The van der Waals surface area contributed by atoms with Crippen molar-refractivity contribution in [3.63, 3.8) is 0 Å². The predicted octanol–water partition coefficient (Wildman–Crippen LogP) is 5.01. The topological polar surface area (TPSA) is 52.8 Å². The second-order valence-electron chi connectivity index (χ2n) is 5.73. The Morgan fingerprint density at radius 1 is 1.08 bits per heavy atom. The molecule has 0 unspecified atom stereocenters.